The van der Waals surface area contributed by atoms with E-state index in [4.69, 9.17) is 4.74 Å². The molecule has 0 unspecified atom stereocenters. The first kappa shape index (κ1) is 29.9. The SMILES string of the molecule is C.CCCCCCCC(=O)CC[C@@H]1[C@@H](C/C=C\CCCC(=O)OC(C)C)[C@@H](C)C[C@H]1C. The van der Waals surface area contributed by atoms with E-state index >= 15 is 0 Å². The third-order valence-corrected chi connectivity index (χ3v) is 6.76. The third-order valence-electron chi connectivity index (χ3n) is 6.76. The number of allylic oxidation sites excluding steroid dienone is 2. The van der Waals surface area contributed by atoms with Gasteiger partial charge in [-0.3, -0.25) is 9.59 Å². The summed E-state index contributed by atoms with van der Waals surface area (Å²) in [6.07, 6.45) is 17.9. The molecule has 0 radical (unpaired) electrons. The van der Waals surface area contributed by atoms with Crippen LogP contribution in [0, 0.1) is 23.7 Å². The predicted octanol–water partition coefficient (Wildman–Crippen LogP) is 8.31. The van der Waals surface area contributed by atoms with Crippen molar-refractivity contribution in [2.75, 3.05) is 0 Å². The Labute approximate surface area is 193 Å². The number of Topliss-reactive ketones (excluding diaryl/α,β-unsaturated/α-hetero) is 1. The molecular formula is C28H52O3. The van der Waals surface area contributed by atoms with Gasteiger partial charge in [0.25, 0.3) is 0 Å². The summed E-state index contributed by atoms with van der Waals surface area (Å²) in [6.45, 7) is 10.8. The number of esters is 1. The van der Waals surface area contributed by atoms with Crippen LogP contribution in [0.1, 0.15) is 126 Å². The second kappa shape index (κ2) is 17.4. The van der Waals surface area contributed by atoms with Crippen molar-refractivity contribution in [3.05, 3.63) is 12.2 Å². The zero-order valence-corrected chi connectivity index (χ0v) is 20.5. The third kappa shape index (κ3) is 13.1. The Balaban J connectivity index is 0.00000900. The monoisotopic (exact) mass is 436 g/mol. The lowest BCUT2D eigenvalue weighted by atomic mass is 9.81. The van der Waals surface area contributed by atoms with Crippen LogP contribution >= 0.6 is 0 Å². The molecule has 3 heteroatoms. The molecular weight excluding hydrogens is 384 g/mol. The van der Waals surface area contributed by atoms with Crippen LogP contribution in [-0.4, -0.2) is 17.9 Å². The molecule has 1 aliphatic carbocycles. The molecule has 31 heavy (non-hydrogen) atoms. The van der Waals surface area contributed by atoms with Crippen molar-refractivity contribution in [2.45, 2.75) is 132 Å². The average molecular weight is 437 g/mol. The van der Waals surface area contributed by atoms with Gasteiger partial charge in [0.05, 0.1) is 6.10 Å². The molecule has 182 valence electrons. The minimum absolute atomic E-state index is 0. The lowest BCUT2D eigenvalue weighted by molar-refractivity contribution is -0.147. The van der Waals surface area contributed by atoms with E-state index in [2.05, 4.69) is 32.9 Å². The first-order valence-electron chi connectivity index (χ1n) is 12.7. The zero-order valence-electron chi connectivity index (χ0n) is 20.5. The van der Waals surface area contributed by atoms with Crippen LogP contribution < -0.4 is 0 Å². The fourth-order valence-electron chi connectivity index (χ4n) is 5.12. The summed E-state index contributed by atoms with van der Waals surface area (Å²) in [5.41, 5.74) is 0. The number of carbonyl (C=O) groups is 2. The number of hydrogen-bond donors (Lipinski definition) is 0. The highest BCUT2D eigenvalue weighted by Gasteiger charge is 2.37. The molecule has 0 aromatic heterocycles. The molecule has 0 amide bonds. The first-order chi connectivity index (χ1) is 14.3. The lowest BCUT2D eigenvalue weighted by Crippen LogP contribution is -2.17. The van der Waals surface area contributed by atoms with Gasteiger partial charge in [-0.25, -0.2) is 0 Å². The van der Waals surface area contributed by atoms with E-state index in [1.807, 2.05) is 13.8 Å². The predicted molar refractivity (Wildman–Crippen MR) is 133 cm³/mol. The highest BCUT2D eigenvalue weighted by atomic mass is 16.5. The second-order valence-corrected chi connectivity index (χ2v) is 9.90. The van der Waals surface area contributed by atoms with Crippen LogP contribution in [-0.2, 0) is 14.3 Å². The topological polar surface area (TPSA) is 43.4 Å². The largest absolute Gasteiger partial charge is 0.463 e. The van der Waals surface area contributed by atoms with Gasteiger partial charge >= 0.3 is 5.97 Å². The van der Waals surface area contributed by atoms with Gasteiger partial charge in [-0.1, -0.05) is 66.0 Å². The van der Waals surface area contributed by atoms with Gasteiger partial charge in [0, 0.05) is 19.3 Å². The van der Waals surface area contributed by atoms with Crippen LogP contribution in [0.3, 0.4) is 0 Å². The van der Waals surface area contributed by atoms with Crippen molar-refractivity contribution in [3.8, 4) is 0 Å². The van der Waals surface area contributed by atoms with Crippen molar-refractivity contribution in [3.63, 3.8) is 0 Å². The van der Waals surface area contributed by atoms with Crippen molar-refractivity contribution in [2.24, 2.45) is 23.7 Å². The summed E-state index contributed by atoms with van der Waals surface area (Å²) in [5, 5.41) is 0. The smallest absolute Gasteiger partial charge is 0.306 e. The van der Waals surface area contributed by atoms with E-state index in [-0.39, 0.29) is 19.5 Å². The molecule has 3 nitrogen and oxygen atoms in total. The molecule has 1 saturated carbocycles. The first-order valence-corrected chi connectivity index (χ1v) is 12.7. The number of rotatable bonds is 16. The molecule has 1 fully saturated rings. The average Bonchev–Trinajstić information content (AvgIpc) is 2.94. The summed E-state index contributed by atoms with van der Waals surface area (Å²) < 4.78 is 5.18. The lowest BCUT2D eigenvalue weighted by Gasteiger charge is -2.23. The Morgan fingerprint density at radius 2 is 1.58 bits per heavy atom. The standard InChI is InChI=1S/C27H48O3.CH4/c1-6-7-8-9-12-15-24(28)18-19-26-23(5)20-22(4)25(26)16-13-10-11-14-17-27(29)30-21(2)3;/h10,13,21-23,25-26H,6-9,11-12,14-20H2,1-5H3;1H4/b13-10-;/t22-,23+,25-,26-;/m0./s1. The van der Waals surface area contributed by atoms with Crippen molar-refractivity contribution < 1.29 is 14.3 Å². The number of ether oxygens (including phenoxy) is 1. The minimum Gasteiger partial charge on any atom is -0.463 e. The van der Waals surface area contributed by atoms with Gasteiger partial charge in [-0.15, -0.1) is 0 Å². The molecule has 0 aromatic rings. The quantitative estimate of drug-likeness (QED) is 0.139. The second-order valence-electron chi connectivity index (χ2n) is 9.90. The number of hydrogen-bond acceptors (Lipinski definition) is 3. The molecule has 1 rings (SSSR count). The Morgan fingerprint density at radius 1 is 0.903 bits per heavy atom. The van der Waals surface area contributed by atoms with Gasteiger partial charge < -0.3 is 4.74 Å². The maximum Gasteiger partial charge on any atom is 0.306 e. The molecule has 0 spiro atoms. The number of ketones is 1. The van der Waals surface area contributed by atoms with Gasteiger partial charge in [0.2, 0.25) is 0 Å². The fraction of sp³-hybridized carbons (Fsp3) is 0.857. The summed E-state index contributed by atoms with van der Waals surface area (Å²) in [4.78, 5) is 23.9. The van der Waals surface area contributed by atoms with Crippen LogP contribution in [0.4, 0.5) is 0 Å². The van der Waals surface area contributed by atoms with E-state index in [1.54, 1.807) is 0 Å². The van der Waals surface area contributed by atoms with E-state index in [0.29, 0.717) is 24.0 Å². The van der Waals surface area contributed by atoms with Crippen LogP contribution in [0.25, 0.3) is 0 Å². The molecule has 1 aliphatic rings. The normalized spacial score (nSPS) is 23.3. The van der Waals surface area contributed by atoms with E-state index in [0.717, 1.165) is 56.8 Å². The highest BCUT2D eigenvalue weighted by Crippen LogP contribution is 2.45. The molecule has 0 N–H and O–H groups in total. The van der Waals surface area contributed by atoms with E-state index < -0.39 is 0 Å². The maximum atomic E-state index is 12.3. The van der Waals surface area contributed by atoms with Gasteiger partial charge in [0.15, 0.2) is 0 Å². The fourth-order valence-corrected chi connectivity index (χ4v) is 5.12. The summed E-state index contributed by atoms with van der Waals surface area (Å²) in [6, 6.07) is 0. The molecule has 0 bridgehead atoms. The van der Waals surface area contributed by atoms with Crippen molar-refractivity contribution in [1.82, 2.24) is 0 Å². The Hall–Kier alpha value is -1.12. The van der Waals surface area contributed by atoms with Crippen molar-refractivity contribution in [1.29, 1.82) is 0 Å². The summed E-state index contributed by atoms with van der Waals surface area (Å²) in [5.74, 6) is 3.21. The van der Waals surface area contributed by atoms with Gasteiger partial charge in [0.1, 0.15) is 5.78 Å². The number of carbonyl (C=O) groups excluding carboxylic acids is 2. The minimum atomic E-state index is -0.0910. The maximum absolute atomic E-state index is 12.3. The zero-order chi connectivity index (χ0) is 22.4. The number of unbranched alkanes of at least 4 members (excludes halogenated alkanes) is 5. The molecule has 0 aliphatic heterocycles. The summed E-state index contributed by atoms with van der Waals surface area (Å²) in [7, 11) is 0. The molecule has 4 atom stereocenters. The summed E-state index contributed by atoms with van der Waals surface area (Å²) >= 11 is 0. The molecule has 0 saturated heterocycles. The molecule has 0 heterocycles. The van der Waals surface area contributed by atoms with E-state index in [9.17, 15) is 9.59 Å². The van der Waals surface area contributed by atoms with Crippen LogP contribution in [0.15, 0.2) is 12.2 Å². The molecule has 0 aromatic carbocycles. The van der Waals surface area contributed by atoms with Gasteiger partial charge in [-0.2, -0.15) is 0 Å². The van der Waals surface area contributed by atoms with Crippen LogP contribution in [0.2, 0.25) is 0 Å². The van der Waals surface area contributed by atoms with Crippen LogP contribution in [0.5, 0.6) is 0 Å². The Morgan fingerprint density at radius 3 is 2.26 bits per heavy atom. The van der Waals surface area contributed by atoms with E-state index in [1.165, 1.54) is 32.1 Å². The van der Waals surface area contributed by atoms with Gasteiger partial charge in [-0.05, 0) is 76.0 Å². The Bertz CT molecular complexity index is 508. The Kier molecular flexibility index (Phi) is 16.8. The van der Waals surface area contributed by atoms with Crippen molar-refractivity contribution >= 4 is 11.8 Å². The highest BCUT2D eigenvalue weighted by molar-refractivity contribution is 5.78.